The molecule has 0 atom stereocenters. The molecular weight excluding hydrogens is 362 g/mol. The van der Waals surface area contributed by atoms with Crippen LogP contribution >= 0.6 is 11.3 Å². The number of nitrogens with zero attached hydrogens (tertiary/aromatic N) is 3. The molecule has 27 heavy (non-hydrogen) atoms. The topological polar surface area (TPSA) is 77.5 Å². The molecule has 0 aliphatic rings. The maximum Gasteiger partial charge on any atom is 0.270 e. The second-order valence-electron chi connectivity index (χ2n) is 6.62. The Bertz CT molecular complexity index is 1060. The Morgan fingerprint density at radius 3 is 2.52 bits per heavy atom. The smallest absolute Gasteiger partial charge is 0.270 e. The van der Waals surface area contributed by atoms with Crippen molar-refractivity contribution in [3.8, 4) is 0 Å². The zero-order valence-corrected chi connectivity index (χ0v) is 16.3. The quantitative estimate of drug-likeness (QED) is 0.483. The van der Waals surface area contributed by atoms with Crippen molar-refractivity contribution < 1.29 is 9.72 Å². The molecule has 0 saturated carbocycles. The summed E-state index contributed by atoms with van der Waals surface area (Å²) >= 11 is 1.30. The molecule has 0 spiro atoms. The number of rotatable bonds is 5. The molecular formula is C20H21N3O3S. The van der Waals surface area contributed by atoms with Gasteiger partial charge in [-0.25, -0.2) is 0 Å². The summed E-state index contributed by atoms with van der Waals surface area (Å²) < 4.78 is 2.66. The lowest BCUT2D eigenvalue weighted by Gasteiger charge is -2.05. The number of benzene rings is 2. The van der Waals surface area contributed by atoms with Gasteiger partial charge in [-0.15, -0.1) is 0 Å². The summed E-state index contributed by atoms with van der Waals surface area (Å²) in [5.41, 5.74) is 3.04. The number of fused-ring (bicyclic) bond motifs is 1. The van der Waals surface area contributed by atoms with E-state index in [1.165, 1.54) is 29.0 Å². The molecule has 0 unspecified atom stereocenters. The first-order valence-electron chi connectivity index (χ1n) is 8.83. The van der Waals surface area contributed by atoms with Gasteiger partial charge < -0.3 is 4.57 Å². The summed E-state index contributed by atoms with van der Waals surface area (Å²) in [5.74, 6) is 0.223. The van der Waals surface area contributed by atoms with E-state index >= 15 is 0 Å². The third-order valence-corrected chi connectivity index (χ3v) is 5.46. The number of nitro benzene ring substituents is 1. The maximum absolute atomic E-state index is 12.4. The number of thiazole rings is 1. The van der Waals surface area contributed by atoms with E-state index in [0.29, 0.717) is 17.3 Å². The van der Waals surface area contributed by atoms with Crippen LogP contribution in [0.1, 0.15) is 37.8 Å². The van der Waals surface area contributed by atoms with E-state index in [9.17, 15) is 14.9 Å². The normalized spacial score (nSPS) is 12.1. The predicted octanol–water partition coefficient (Wildman–Crippen LogP) is 4.42. The van der Waals surface area contributed by atoms with Gasteiger partial charge in [0.25, 0.3) is 11.6 Å². The van der Waals surface area contributed by atoms with Gasteiger partial charge in [0.15, 0.2) is 4.80 Å². The highest BCUT2D eigenvalue weighted by Crippen LogP contribution is 2.23. The van der Waals surface area contributed by atoms with Crippen LogP contribution in [0, 0.1) is 10.1 Å². The molecule has 0 saturated heterocycles. The molecule has 6 nitrogen and oxygen atoms in total. The largest absolute Gasteiger partial charge is 0.317 e. The minimum Gasteiger partial charge on any atom is -0.317 e. The average Bonchev–Trinajstić information content (AvgIpc) is 2.97. The molecule has 2 aromatic carbocycles. The molecule has 1 heterocycles. The first kappa shape index (κ1) is 19.0. The van der Waals surface area contributed by atoms with E-state index in [1.807, 2.05) is 35.8 Å². The monoisotopic (exact) mass is 383 g/mol. The van der Waals surface area contributed by atoms with Gasteiger partial charge in [0.2, 0.25) is 0 Å². The van der Waals surface area contributed by atoms with Crippen LogP contribution in [0.3, 0.4) is 0 Å². The van der Waals surface area contributed by atoms with Gasteiger partial charge >= 0.3 is 0 Å². The molecule has 140 valence electrons. The number of nitro groups is 1. The Labute approximate surface area is 161 Å². The fraction of sp³-hybridized carbons (Fsp3) is 0.300. The number of aromatic nitrogens is 1. The highest BCUT2D eigenvalue weighted by atomic mass is 32.1. The molecule has 0 fully saturated rings. The Hall–Kier alpha value is -2.80. The van der Waals surface area contributed by atoms with Gasteiger partial charge in [-0.05, 0) is 30.0 Å². The molecule has 3 rings (SSSR count). The summed E-state index contributed by atoms with van der Waals surface area (Å²) in [6.07, 6.45) is 0.233. The molecule has 1 amide bonds. The lowest BCUT2D eigenvalue weighted by molar-refractivity contribution is -0.384. The number of aryl methyl sites for hydroxylation is 1. The second kappa shape index (κ2) is 7.84. The number of non-ortho nitro benzene ring substituents is 1. The molecule has 0 N–H and O–H groups in total. The summed E-state index contributed by atoms with van der Waals surface area (Å²) in [7, 11) is 0. The lowest BCUT2D eigenvalue weighted by Crippen LogP contribution is -2.16. The van der Waals surface area contributed by atoms with Crippen molar-refractivity contribution in [2.24, 2.45) is 4.99 Å². The van der Waals surface area contributed by atoms with Gasteiger partial charge in [-0.3, -0.25) is 14.9 Å². The highest BCUT2D eigenvalue weighted by Gasteiger charge is 2.12. The molecule has 7 heteroatoms. The van der Waals surface area contributed by atoms with Crippen LogP contribution in [0.5, 0.6) is 0 Å². The molecule has 0 bridgehead atoms. The minimum atomic E-state index is -0.418. The van der Waals surface area contributed by atoms with E-state index in [-0.39, 0.29) is 18.0 Å². The van der Waals surface area contributed by atoms with Crippen molar-refractivity contribution in [3.05, 3.63) is 68.5 Å². The van der Waals surface area contributed by atoms with E-state index < -0.39 is 4.92 Å². The van der Waals surface area contributed by atoms with Gasteiger partial charge in [-0.2, -0.15) is 4.99 Å². The predicted molar refractivity (Wildman–Crippen MR) is 107 cm³/mol. The molecule has 0 radical (unpaired) electrons. The summed E-state index contributed by atoms with van der Waals surface area (Å²) in [6, 6.07) is 12.7. The maximum atomic E-state index is 12.4. The van der Waals surface area contributed by atoms with Gasteiger partial charge in [0, 0.05) is 18.7 Å². The van der Waals surface area contributed by atoms with Crippen LogP contribution < -0.4 is 4.80 Å². The van der Waals surface area contributed by atoms with Gasteiger partial charge in [-0.1, -0.05) is 49.4 Å². The van der Waals surface area contributed by atoms with E-state index in [1.54, 1.807) is 6.07 Å². The molecule has 1 aromatic heterocycles. The third-order valence-electron chi connectivity index (χ3n) is 4.42. The molecule has 3 aromatic rings. The van der Waals surface area contributed by atoms with Crippen LogP contribution in [-0.4, -0.2) is 15.4 Å². The lowest BCUT2D eigenvalue weighted by atomic mass is 10.0. The standard InChI is InChI=1S/C20H21N3O3S/c1-4-22-17-10-9-16(23(25)26)12-18(17)27-20(22)21-19(24)11-14-5-7-15(8-6-14)13(2)3/h5-10,12-13H,4,11H2,1-3H3. The van der Waals surface area contributed by atoms with Crippen LogP contribution in [0.4, 0.5) is 5.69 Å². The van der Waals surface area contributed by atoms with Crippen molar-refractivity contribution in [3.63, 3.8) is 0 Å². The van der Waals surface area contributed by atoms with Crippen LogP contribution in [-0.2, 0) is 17.8 Å². The SMILES string of the molecule is CCn1c(=NC(=O)Cc2ccc(C(C)C)cc2)sc2cc([N+](=O)[O-])ccc21. The minimum absolute atomic E-state index is 0.0371. The van der Waals surface area contributed by atoms with Gasteiger partial charge in [0.1, 0.15) is 0 Å². The Morgan fingerprint density at radius 2 is 1.93 bits per heavy atom. The highest BCUT2D eigenvalue weighted by molar-refractivity contribution is 7.16. The Kier molecular flexibility index (Phi) is 5.51. The van der Waals surface area contributed by atoms with Crippen LogP contribution in [0.15, 0.2) is 47.5 Å². The Balaban J connectivity index is 1.91. The zero-order valence-electron chi connectivity index (χ0n) is 15.5. The number of carbonyl (C=O) groups is 1. The van der Waals surface area contributed by atoms with Crippen LogP contribution in [0.2, 0.25) is 0 Å². The average molecular weight is 383 g/mol. The summed E-state index contributed by atoms with van der Waals surface area (Å²) in [4.78, 5) is 27.8. The number of carbonyl (C=O) groups excluding carboxylic acids is 1. The van der Waals surface area contributed by atoms with E-state index in [4.69, 9.17) is 0 Å². The van der Waals surface area contributed by atoms with Crippen molar-refractivity contribution >= 4 is 33.1 Å². The Morgan fingerprint density at radius 1 is 1.22 bits per heavy atom. The molecule has 0 aliphatic heterocycles. The first-order chi connectivity index (χ1) is 12.9. The first-order valence-corrected chi connectivity index (χ1v) is 9.65. The van der Waals surface area contributed by atoms with E-state index in [0.717, 1.165) is 15.8 Å². The van der Waals surface area contributed by atoms with Crippen molar-refractivity contribution in [2.45, 2.75) is 39.7 Å². The number of amides is 1. The fourth-order valence-corrected chi connectivity index (χ4v) is 4.05. The number of hydrogen-bond donors (Lipinski definition) is 0. The van der Waals surface area contributed by atoms with E-state index in [2.05, 4.69) is 18.8 Å². The molecule has 0 aliphatic carbocycles. The van der Waals surface area contributed by atoms with Crippen molar-refractivity contribution in [1.29, 1.82) is 0 Å². The van der Waals surface area contributed by atoms with Crippen LogP contribution in [0.25, 0.3) is 10.2 Å². The zero-order chi connectivity index (χ0) is 19.6. The number of hydrogen-bond acceptors (Lipinski definition) is 4. The third kappa shape index (κ3) is 4.14. The fourth-order valence-electron chi connectivity index (χ4n) is 2.91. The van der Waals surface area contributed by atoms with Crippen molar-refractivity contribution in [2.75, 3.05) is 0 Å². The van der Waals surface area contributed by atoms with Gasteiger partial charge in [0.05, 0.1) is 21.6 Å². The summed E-state index contributed by atoms with van der Waals surface area (Å²) in [6.45, 7) is 6.85. The second-order valence-corrected chi connectivity index (χ2v) is 7.63. The summed E-state index contributed by atoms with van der Waals surface area (Å²) in [5, 5.41) is 11.0. The van der Waals surface area contributed by atoms with Crippen molar-refractivity contribution in [1.82, 2.24) is 4.57 Å².